The van der Waals surface area contributed by atoms with Crippen molar-refractivity contribution in [2.75, 3.05) is 51.6 Å². The summed E-state index contributed by atoms with van der Waals surface area (Å²) in [6.45, 7) is 3.46. The van der Waals surface area contributed by atoms with Gasteiger partial charge in [0.05, 0.1) is 18.5 Å². The quantitative estimate of drug-likeness (QED) is 0.196. The second kappa shape index (κ2) is 11.9. The van der Waals surface area contributed by atoms with Crippen LogP contribution in [0.1, 0.15) is 31.4 Å². The molecule has 222 valence electrons. The van der Waals surface area contributed by atoms with E-state index in [1.54, 1.807) is 25.6 Å². The van der Waals surface area contributed by atoms with Crippen molar-refractivity contribution in [1.29, 1.82) is 0 Å². The summed E-state index contributed by atoms with van der Waals surface area (Å²) in [4.78, 5) is 12.7. The van der Waals surface area contributed by atoms with E-state index in [9.17, 15) is 13.2 Å². The van der Waals surface area contributed by atoms with Crippen molar-refractivity contribution in [2.45, 2.75) is 32.0 Å². The SMILES string of the molecule is CC=C[N-]c1cc(Nc2ncc(C(F)(F)F)c(-c3cn(C4CC4)c4ccccc34)n2)c(OC)cc1N(C)CCN(C)C. The highest BCUT2D eigenvalue weighted by Gasteiger charge is 2.37. The summed E-state index contributed by atoms with van der Waals surface area (Å²) >= 11 is 0. The van der Waals surface area contributed by atoms with Crippen LogP contribution in [0.3, 0.4) is 0 Å². The minimum absolute atomic E-state index is 0.0187. The highest BCUT2D eigenvalue weighted by molar-refractivity contribution is 5.96. The first kappa shape index (κ1) is 29.2. The number of benzene rings is 2. The standard InChI is InChI=1S/C31H35F3N7O/c1-6-13-35-24-16-25(28(42-5)17-27(24)40(4)15-14-39(2)3)37-30-36-18-23(31(32,33)34)29(38-30)22-19-41(20-11-12-20)26-10-8-7-9-21(22)26/h6-10,13,16-20H,11-12,14-15H2,1-5H3,(H,36,37,38)/q-1. The van der Waals surface area contributed by atoms with E-state index in [-0.39, 0.29) is 17.7 Å². The largest absolute Gasteiger partial charge is 0.663 e. The average molecular weight is 579 g/mol. The van der Waals surface area contributed by atoms with Crippen LogP contribution < -0.4 is 15.0 Å². The topological polar surface area (TPSA) is 72.5 Å². The summed E-state index contributed by atoms with van der Waals surface area (Å²) in [6.07, 6.45) is 3.52. The third-order valence-electron chi connectivity index (χ3n) is 7.23. The second-order valence-corrected chi connectivity index (χ2v) is 10.7. The molecule has 2 heterocycles. The number of halogens is 3. The van der Waals surface area contributed by atoms with E-state index >= 15 is 0 Å². The molecule has 11 heteroatoms. The van der Waals surface area contributed by atoms with Crippen molar-refractivity contribution in [2.24, 2.45) is 0 Å². The zero-order valence-electron chi connectivity index (χ0n) is 24.4. The highest BCUT2D eigenvalue weighted by atomic mass is 19.4. The Morgan fingerprint density at radius 1 is 1.14 bits per heavy atom. The van der Waals surface area contributed by atoms with Crippen LogP contribution in [-0.4, -0.2) is 60.8 Å². The van der Waals surface area contributed by atoms with Crippen LogP contribution >= 0.6 is 0 Å². The van der Waals surface area contributed by atoms with Gasteiger partial charge in [-0.05, 0) is 46.0 Å². The minimum Gasteiger partial charge on any atom is -0.663 e. The molecule has 4 aromatic rings. The van der Waals surface area contributed by atoms with Gasteiger partial charge in [-0.25, -0.2) is 9.97 Å². The van der Waals surface area contributed by atoms with E-state index in [0.717, 1.165) is 48.7 Å². The third kappa shape index (κ3) is 6.15. The molecule has 1 N–H and O–H groups in total. The molecule has 0 spiro atoms. The van der Waals surface area contributed by atoms with Crippen LogP contribution in [0, 0.1) is 0 Å². The van der Waals surface area contributed by atoms with Crippen LogP contribution in [0.4, 0.5) is 36.2 Å². The van der Waals surface area contributed by atoms with E-state index in [4.69, 9.17) is 4.74 Å². The first-order chi connectivity index (χ1) is 20.1. The second-order valence-electron chi connectivity index (χ2n) is 10.7. The Kier molecular flexibility index (Phi) is 8.31. The zero-order chi connectivity index (χ0) is 30.0. The average Bonchev–Trinajstić information content (AvgIpc) is 3.74. The molecule has 0 aliphatic heterocycles. The Balaban J connectivity index is 1.58. The minimum atomic E-state index is -4.63. The lowest BCUT2D eigenvalue weighted by molar-refractivity contribution is -0.137. The fourth-order valence-electron chi connectivity index (χ4n) is 4.88. The highest BCUT2D eigenvalue weighted by Crippen LogP contribution is 2.45. The van der Waals surface area contributed by atoms with Crippen molar-refractivity contribution in [3.63, 3.8) is 0 Å². The molecule has 0 radical (unpaired) electrons. The number of likely N-dealkylation sites (N-methyl/N-ethyl adjacent to an activating group) is 2. The Morgan fingerprint density at radius 3 is 2.57 bits per heavy atom. The fraction of sp³-hybridized carbons (Fsp3) is 0.355. The Bertz CT molecular complexity index is 1590. The summed E-state index contributed by atoms with van der Waals surface area (Å²) in [5.41, 5.74) is 2.24. The van der Waals surface area contributed by atoms with E-state index in [2.05, 4.69) is 35.0 Å². The van der Waals surface area contributed by atoms with E-state index in [1.165, 1.54) is 0 Å². The molecule has 0 bridgehead atoms. The van der Waals surface area contributed by atoms with Crippen LogP contribution in [-0.2, 0) is 6.18 Å². The summed E-state index contributed by atoms with van der Waals surface area (Å²) in [5.74, 6) is 0.502. The first-order valence-corrected chi connectivity index (χ1v) is 13.8. The smallest absolute Gasteiger partial charge is 0.419 e. The molecule has 8 nitrogen and oxygen atoms in total. The Morgan fingerprint density at radius 2 is 1.90 bits per heavy atom. The number of hydrogen-bond donors (Lipinski definition) is 1. The molecule has 0 unspecified atom stereocenters. The molecular formula is C31H35F3N7O-. The number of fused-ring (bicyclic) bond motifs is 1. The number of hydrogen-bond acceptors (Lipinski definition) is 6. The van der Waals surface area contributed by atoms with Gasteiger partial charge in [-0.15, -0.1) is 11.8 Å². The van der Waals surface area contributed by atoms with Gasteiger partial charge in [0.15, 0.2) is 0 Å². The number of alkyl halides is 3. The molecule has 2 aromatic carbocycles. The molecule has 42 heavy (non-hydrogen) atoms. The number of anilines is 3. The van der Waals surface area contributed by atoms with E-state index < -0.39 is 11.7 Å². The first-order valence-electron chi connectivity index (χ1n) is 13.8. The summed E-state index contributed by atoms with van der Waals surface area (Å²) < 4.78 is 50.5. The van der Waals surface area contributed by atoms with E-state index in [0.29, 0.717) is 22.7 Å². The number of methoxy groups -OCH3 is 1. The van der Waals surface area contributed by atoms with Crippen molar-refractivity contribution < 1.29 is 17.9 Å². The number of allylic oxidation sites excluding steroid dienone is 1. The molecule has 1 aliphatic carbocycles. The maximum atomic E-state index is 14.2. The van der Waals surface area contributed by atoms with Gasteiger partial charge in [0.1, 0.15) is 11.3 Å². The Hall–Kier alpha value is -4.25. The van der Waals surface area contributed by atoms with Crippen molar-refractivity contribution in [3.05, 3.63) is 71.9 Å². The number of rotatable bonds is 11. The van der Waals surface area contributed by atoms with Gasteiger partial charge in [-0.3, -0.25) is 0 Å². The fourth-order valence-corrected chi connectivity index (χ4v) is 4.88. The van der Waals surface area contributed by atoms with Crippen LogP contribution in [0.15, 0.2) is 61.1 Å². The maximum Gasteiger partial charge on any atom is 0.419 e. The number of nitrogens with one attached hydrogen (secondary N) is 1. The molecule has 2 aromatic heterocycles. The lowest BCUT2D eigenvalue weighted by Crippen LogP contribution is -2.28. The van der Waals surface area contributed by atoms with Gasteiger partial charge >= 0.3 is 6.18 Å². The maximum absolute atomic E-state index is 14.2. The summed E-state index contributed by atoms with van der Waals surface area (Å²) in [5, 5.41) is 8.42. The Labute approximate surface area is 243 Å². The van der Waals surface area contributed by atoms with Gasteiger partial charge in [-0.1, -0.05) is 18.2 Å². The predicted molar refractivity (Wildman–Crippen MR) is 162 cm³/mol. The molecule has 1 aliphatic rings. The van der Waals surface area contributed by atoms with Crippen LogP contribution in [0.5, 0.6) is 5.75 Å². The van der Waals surface area contributed by atoms with Crippen molar-refractivity contribution >= 4 is 33.9 Å². The zero-order valence-corrected chi connectivity index (χ0v) is 24.4. The monoisotopic (exact) mass is 578 g/mol. The summed E-state index contributed by atoms with van der Waals surface area (Å²) in [6, 6.07) is 11.4. The van der Waals surface area contributed by atoms with Crippen molar-refractivity contribution in [3.8, 4) is 17.0 Å². The van der Waals surface area contributed by atoms with E-state index in [1.807, 2.05) is 64.5 Å². The van der Waals surface area contributed by atoms with Gasteiger partial charge < -0.3 is 29.7 Å². The molecule has 0 saturated heterocycles. The number of ether oxygens (including phenoxy) is 1. The van der Waals surface area contributed by atoms with Gasteiger partial charge in [-0.2, -0.15) is 19.4 Å². The van der Waals surface area contributed by atoms with Crippen LogP contribution in [0.25, 0.3) is 27.5 Å². The van der Waals surface area contributed by atoms with Gasteiger partial charge in [0.2, 0.25) is 5.95 Å². The molecule has 5 rings (SSSR count). The molecular weight excluding hydrogens is 543 g/mol. The molecule has 1 fully saturated rings. The molecule has 0 atom stereocenters. The predicted octanol–water partition coefficient (Wildman–Crippen LogP) is 7.74. The molecule has 0 amide bonds. The van der Waals surface area contributed by atoms with Crippen LogP contribution in [0.2, 0.25) is 0 Å². The van der Waals surface area contributed by atoms with Gasteiger partial charge in [0, 0.05) is 66.8 Å². The number of aromatic nitrogens is 3. The normalized spacial score (nSPS) is 13.7. The lowest BCUT2D eigenvalue weighted by Gasteiger charge is -2.31. The third-order valence-corrected chi connectivity index (χ3v) is 7.23. The number of nitrogens with zero attached hydrogens (tertiary/aromatic N) is 6. The number of para-hydroxylation sites is 1. The summed E-state index contributed by atoms with van der Waals surface area (Å²) in [7, 11) is 7.53. The molecule has 1 saturated carbocycles. The van der Waals surface area contributed by atoms with Gasteiger partial charge in [0.25, 0.3) is 0 Å². The van der Waals surface area contributed by atoms with Crippen molar-refractivity contribution in [1.82, 2.24) is 19.4 Å². The lowest BCUT2D eigenvalue weighted by atomic mass is 10.1.